The number of carboxylic acid groups (broad SMARTS) is 1. The second kappa shape index (κ2) is 23.2. The number of aliphatic carboxylic acids is 1. The molecule has 2 aromatic carbocycles. The molecule has 20 nitrogen and oxygen atoms in total. The Morgan fingerprint density at radius 3 is 1.37 bits per heavy atom. The van der Waals surface area contributed by atoms with Crippen LogP contribution in [0.3, 0.4) is 0 Å². The number of nitrogens with zero attached hydrogens (tertiary/aromatic N) is 6. The number of carbonyl (C=O) groups excluding carboxylic acids is 1. The number of anilines is 2. The van der Waals surface area contributed by atoms with Crippen molar-refractivity contribution in [2.75, 3.05) is 11.5 Å². The zero-order valence-electron chi connectivity index (χ0n) is 37.4. The first-order valence-electron chi connectivity index (χ1n) is 20.4. The number of ketones is 1. The van der Waals surface area contributed by atoms with Gasteiger partial charge in [0.05, 0.1) is 29.6 Å². The van der Waals surface area contributed by atoms with E-state index in [0.717, 1.165) is 36.7 Å². The maximum atomic E-state index is 12.9. The highest BCUT2D eigenvalue weighted by atomic mass is 32.2. The van der Waals surface area contributed by atoms with Crippen LogP contribution in [-0.2, 0) is 92.4 Å². The molecule has 67 heavy (non-hydrogen) atoms. The Kier molecular flexibility index (Phi) is 18.2. The van der Waals surface area contributed by atoms with Gasteiger partial charge in [0.25, 0.3) is 11.1 Å². The summed E-state index contributed by atoms with van der Waals surface area (Å²) in [5.74, 6) is -2.34. The molecular formula is C45H53N9O11S2. The lowest BCUT2D eigenvalue weighted by Gasteiger charge is -2.11. The lowest BCUT2D eigenvalue weighted by Crippen LogP contribution is -2.42. The van der Waals surface area contributed by atoms with Crippen molar-refractivity contribution < 1.29 is 31.5 Å². The zero-order chi connectivity index (χ0) is 49.6. The molecule has 0 aliphatic carbocycles. The van der Waals surface area contributed by atoms with E-state index in [0.29, 0.717) is 46.0 Å². The lowest BCUT2D eigenvalue weighted by atomic mass is 10.1. The van der Waals surface area contributed by atoms with Crippen LogP contribution < -0.4 is 39.7 Å². The van der Waals surface area contributed by atoms with Gasteiger partial charge in [-0.05, 0) is 54.7 Å². The smallest absolute Gasteiger partial charge is 0.331 e. The predicted molar refractivity (Wildman–Crippen MR) is 253 cm³/mol. The summed E-state index contributed by atoms with van der Waals surface area (Å²) in [7, 11) is -4.59. The SMILES string of the molecule is Cc1nc(N)ccc1CCC(=O)Cn1c(=O)c(CS(=O)(=O)Cc2ccccc2)cn(C)c1=O.Cc1nc(N)ccc1CN.Cn1cc(CS(=O)(=O)Cc2ccccc2)c(=O)n(CC(=O)O)c1=O. The molecule has 0 spiro atoms. The van der Waals surface area contributed by atoms with Gasteiger partial charge in [-0.1, -0.05) is 72.8 Å². The molecule has 0 saturated carbocycles. The third-order valence-corrected chi connectivity index (χ3v) is 13.0. The van der Waals surface area contributed by atoms with Crippen molar-refractivity contribution in [1.29, 1.82) is 0 Å². The van der Waals surface area contributed by atoms with Gasteiger partial charge >= 0.3 is 17.3 Å². The molecular weight excluding hydrogens is 907 g/mol. The van der Waals surface area contributed by atoms with E-state index in [2.05, 4.69) is 9.97 Å². The average Bonchev–Trinajstić information content (AvgIpc) is 3.25. The van der Waals surface area contributed by atoms with E-state index >= 15 is 0 Å². The minimum absolute atomic E-state index is 0.0561. The van der Waals surface area contributed by atoms with Gasteiger partial charge in [0.15, 0.2) is 25.5 Å². The Labute approximate surface area is 385 Å². The number of carboxylic acids is 1. The molecule has 0 fully saturated rings. The molecule has 0 atom stereocenters. The molecule has 6 rings (SSSR count). The van der Waals surface area contributed by atoms with Gasteiger partial charge in [-0.2, -0.15) is 0 Å². The highest BCUT2D eigenvalue weighted by molar-refractivity contribution is 7.90. The Morgan fingerprint density at radius 2 is 0.985 bits per heavy atom. The number of nitrogens with two attached hydrogens (primary N) is 3. The van der Waals surface area contributed by atoms with Crippen molar-refractivity contribution >= 4 is 43.1 Å². The number of aryl methyl sites for hydroxylation is 5. The highest BCUT2D eigenvalue weighted by Crippen LogP contribution is 2.13. The van der Waals surface area contributed by atoms with E-state index in [1.165, 1.54) is 20.3 Å². The number of Topliss-reactive ketones (excluding diaryl/α,β-unsaturated/α-hetero) is 1. The number of pyridine rings is 2. The van der Waals surface area contributed by atoms with Gasteiger partial charge in [0.2, 0.25) is 0 Å². The van der Waals surface area contributed by atoms with Gasteiger partial charge in [-0.15, -0.1) is 0 Å². The van der Waals surface area contributed by atoms with Crippen molar-refractivity contribution in [1.82, 2.24) is 28.2 Å². The van der Waals surface area contributed by atoms with E-state index in [9.17, 15) is 45.6 Å². The summed E-state index contributed by atoms with van der Waals surface area (Å²) in [5, 5.41) is 8.80. The molecule has 356 valence electrons. The molecule has 0 unspecified atom stereocenters. The van der Waals surface area contributed by atoms with Crippen LogP contribution in [0.2, 0.25) is 0 Å². The van der Waals surface area contributed by atoms with Crippen molar-refractivity contribution in [3.8, 4) is 0 Å². The van der Waals surface area contributed by atoms with E-state index in [1.807, 2.05) is 13.0 Å². The summed E-state index contributed by atoms with van der Waals surface area (Å²) in [5.41, 5.74) is 17.8. The van der Waals surface area contributed by atoms with Crippen molar-refractivity contribution in [3.63, 3.8) is 0 Å². The van der Waals surface area contributed by atoms with E-state index in [-0.39, 0.29) is 34.8 Å². The molecule has 0 radical (unpaired) electrons. The van der Waals surface area contributed by atoms with Crippen molar-refractivity contribution in [2.24, 2.45) is 19.8 Å². The molecule has 0 aliphatic rings. The minimum Gasteiger partial charge on any atom is -0.480 e. The number of hydrogen-bond donors (Lipinski definition) is 4. The molecule has 4 heterocycles. The fourth-order valence-electron chi connectivity index (χ4n) is 6.66. The van der Waals surface area contributed by atoms with Crippen LogP contribution in [0.15, 0.2) is 117 Å². The normalized spacial score (nSPS) is 11.2. The van der Waals surface area contributed by atoms with Crippen molar-refractivity contribution in [3.05, 3.63) is 184 Å². The van der Waals surface area contributed by atoms with Crippen LogP contribution >= 0.6 is 0 Å². The summed E-state index contributed by atoms with van der Waals surface area (Å²) in [6, 6.07) is 24.2. The number of hydrogen-bond acceptors (Lipinski definition) is 15. The van der Waals surface area contributed by atoms with Crippen LogP contribution in [0.1, 0.15) is 51.2 Å². The third kappa shape index (κ3) is 15.7. The summed E-state index contributed by atoms with van der Waals surface area (Å²) < 4.78 is 53.3. The Morgan fingerprint density at radius 1 is 0.582 bits per heavy atom. The number of nitrogen functional groups attached to an aromatic ring is 2. The zero-order valence-corrected chi connectivity index (χ0v) is 39.0. The van der Waals surface area contributed by atoms with Crippen LogP contribution in [0.5, 0.6) is 0 Å². The van der Waals surface area contributed by atoms with E-state index in [1.54, 1.807) is 85.8 Å². The maximum Gasteiger partial charge on any atom is 0.331 e. The number of carbonyl (C=O) groups is 2. The standard InChI is InChI=1S/C23H26N4O5S.C15H16N2O6S.C7H11N3/c1-16-18(9-11-21(24)25-16)8-10-20(28)13-27-22(29)19(12-26(2)23(27)30)15-33(31,32)14-17-6-4-3-5-7-17;1-16-7-12(14(20)17(15(16)21)8-13(18)19)10-24(22,23)9-11-5-3-2-4-6-11;1-5-6(4-8)2-3-7(9)10-5/h3-7,9,11-12H,8,10,13-15H2,1-2H3,(H2,24,25);2-7H,8-10H2,1H3,(H,18,19);2-3H,4,8H2,1H3,(H2,9,10). The predicted octanol–water partition coefficient (Wildman–Crippen LogP) is 1.33. The van der Waals surface area contributed by atoms with Gasteiger partial charge in [0.1, 0.15) is 18.2 Å². The molecule has 6 aromatic rings. The van der Waals surface area contributed by atoms with Gasteiger partial charge in [0, 0.05) is 62.0 Å². The molecule has 0 amide bonds. The van der Waals surface area contributed by atoms with Gasteiger partial charge in [-0.3, -0.25) is 23.7 Å². The summed E-state index contributed by atoms with van der Waals surface area (Å²) in [6.07, 6.45) is 2.83. The quantitative estimate of drug-likeness (QED) is 0.106. The highest BCUT2D eigenvalue weighted by Gasteiger charge is 2.21. The number of rotatable bonds is 16. The van der Waals surface area contributed by atoms with Crippen LogP contribution in [-0.4, -0.2) is 61.9 Å². The number of aromatic nitrogens is 6. The first-order chi connectivity index (χ1) is 31.5. The average molecular weight is 960 g/mol. The third-order valence-electron chi connectivity index (χ3n) is 9.97. The Balaban J connectivity index is 0.000000250. The van der Waals surface area contributed by atoms with E-state index < -0.39 is 72.7 Å². The Hall–Kier alpha value is -7.30. The van der Waals surface area contributed by atoms with Crippen LogP contribution in [0.4, 0.5) is 11.6 Å². The molecule has 4 aromatic heterocycles. The fourth-order valence-corrected chi connectivity index (χ4v) is 9.61. The molecule has 0 saturated heterocycles. The second-order valence-electron chi connectivity index (χ2n) is 15.5. The van der Waals surface area contributed by atoms with E-state index in [4.69, 9.17) is 22.3 Å². The van der Waals surface area contributed by atoms with Gasteiger partial charge in [-0.25, -0.2) is 41.0 Å². The summed E-state index contributed by atoms with van der Waals surface area (Å²) in [4.78, 5) is 81.0. The monoisotopic (exact) mass is 959 g/mol. The Bertz CT molecular complexity index is 3200. The van der Waals surface area contributed by atoms with Crippen LogP contribution in [0.25, 0.3) is 0 Å². The second-order valence-corrected chi connectivity index (χ2v) is 19.6. The first-order valence-corrected chi connectivity index (χ1v) is 24.1. The molecule has 0 aliphatic heterocycles. The minimum atomic E-state index is -3.67. The van der Waals surface area contributed by atoms with Crippen LogP contribution in [0, 0.1) is 13.8 Å². The fraction of sp³-hybridized carbons (Fsp3) is 0.289. The first kappa shape index (κ1) is 52.3. The summed E-state index contributed by atoms with van der Waals surface area (Å²) in [6.45, 7) is 2.96. The number of sulfone groups is 2. The lowest BCUT2D eigenvalue weighted by molar-refractivity contribution is -0.137. The van der Waals surface area contributed by atoms with Gasteiger partial charge < -0.3 is 31.4 Å². The number of benzene rings is 2. The topological polar surface area (TPSA) is 314 Å². The molecule has 22 heteroatoms. The van der Waals surface area contributed by atoms with Crippen molar-refractivity contribution in [2.45, 2.75) is 69.3 Å². The molecule has 7 N–H and O–H groups in total. The largest absolute Gasteiger partial charge is 0.480 e. The molecule has 0 bridgehead atoms. The summed E-state index contributed by atoms with van der Waals surface area (Å²) >= 11 is 0. The maximum absolute atomic E-state index is 12.9.